The third-order valence-corrected chi connectivity index (χ3v) is 10.0. The van der Waals surface area contributed by atoms with Gasteiger partial charge in [-0.1, -0.05) is 90.6 Å². The SMILES string of the molecule is CC(=O)OC[C@H]1O[C@@H](Sc2ccccc2)[C@H](OC(C)=O)[C@@H](OC(=O)c2cc(O)c(OCc3ccccc3)c(O)c2)[C@@H]1OC(=O)c1cc(O)c(OCc2ccccc2)c(O)c1. The normalized spacial score (nSPS) is 18.4. The average molecular weight is 841 g/mol. The highest BCUT2D eigenvalue weighted by Gasteiger charge is 2.53. The van der Waals surface area contributed by atoms with Crippen LogP contribution in [0.4, 0.5) is 0 Å². The zero-order valence-electron chi connectivity index (χ0n) is 32.2. The Balaban J connectivity index is 1.33. The molecule has 0 amide bonds. The Labute approximate surface area is 348 Å². The Morgan fingerprint density at radius 3 is 1.43 bits per heavy atom. The fourth-order valence-electron chi connectivity index (χ4n) is 6.10. The number of aromatic hydroxyl groups is 4. The molecule has 5 aromatic carbocycles. The zero-order valence-corrected chi connectivity index (χ0v) is 33.0. The first-order valence-corrected chi connectivity index (χ1v) is 19.3. The fraction of sp³-hybridized carbons (Fsp3) is 0.227. The third-order valence-electron chi connectivity index (χ3n) is 8.85. The lowest BCUT2D eigenvalue weighted by atomic mass is 9.98. The quantitative estimate of drug-likeness (QED) is 0.0660. The number of hydrogen-bond acceptors (Lipinski definition) is 16. The molecule has 16 heteroatoms. The van der Waals surface area contributed by atoms with Gasteiger partial charge in [0.1, 0.15) is 31.4 Å². The van der Waals surface area contributed by atoms with Crippen LogP contribution < -0.4 is 9.47 Å². The molecule has 0 saturated carbocycles. The van der Waals surface area contributed by atoms with Crippen LogP contribution in [0.5, 0.6) is 34.5 Å². The minimum Gasteiger partial charge on any atom is -0.504 e. The minimum absolute atomic E-state index is 0.0191. The number of hydrogen-bond donors (Lipinski definition) is 4. The van der Waals surface area contributed by atoms with Crippen LogP contribution in [-0.2, 0) is 46.5 Å². The van der Waals surface area contributed by atoms with E-state index in [1.165, 1.54) is 0 Å². The molecule has 0 aromatic heterocycles. The van der Waals surface area contributed by atoms with Crippen molar-refractivity contribution in [2.45, 2.75) is 61.8 Å². The monoisotopic (exact) mass is 840 g/mol. The lowest BCUT2D eigenvalue weighted by Gasteiger charge is -2.44. The molecule has 0 unspecified atom stereocenters. The second-order valence-electron chi connectivity index (χ2n) is 13.3. The summed E-state index contributed by atoms with van der Waals surface area (Å²) in [6, 6.07) is 30.6. The topological polar surface area (TPSA) is 214 Å². The molecule has 0 bridgehead atoms. The first-order valence-electron chi connectivity index (χ1n) is 18.4. The van der Waals surface area contributed by atoms with E-state index in [4.69, 9.17) is 33.2 Å². The molecule has 1 aliphatic rings. The first kappa shape index (κ1) is 42.7. The van der Waals surface area contributed by atoms with Gasteiger partial charge in [-0.15, -0.1) is 0 Å². The molecule has 4 N–H and O–H groups in total. The van der Waals surface area contributed by atoms with E-state index in [0.29, 0.717) is 4.90 Å². The van der Waals surface area contributed by atoms with Crippen LogP contribution >= 0.6 is 11.8 Å². The van der Waals surface area contributed by atoms with E-state index in [1.54, 1.807) is 78.9 Å². The highest BCUT2D eigenvalue weighted by Crippen LogP contribution is 2.42. The number of ether oxygens (including phenoxy) is 7. The second kappa shape index (κ2) is 19.7. The maximum atomic E-state index is 14.0. The van der Waals surface area contributed by atoms with E-state index in [9.17, 15) is 39.6 Å². The molecular weight excluding hydrogens is 801 g/mol. The molecule has 1 fully saturated rings. The van der Waals surface area contributed by atoms with E-state index in [2.05, 4.69) is 0 Å². The summed E-state index contributed by atoms with van der Waals surface area (Å²) in [5.41, 5.74) is -0.450. The Kier molecular flexibility index (Phi) is 14.0. The zero-order chi connectivity index (χ0) is 42.8. The predicted octanol–water partition coefficient (Wildman–Crippen LogP) is 6.43. The number of benzene rings is 5. The van der Waals surface area contributed by atoms with Crippen molar-refractivity contribution in [2.75, 3.05) is 6.61 Å². The summed E-state index contributed by atoms with van der Waals surface area (Å²) in [5.74, 6) is -6.96. The van der Waals surface area contributed by atoms with Crippen molar-refractivity contribution >= 4 is 35.6 Å². The molecule has 6 rings (SSSR count). The van der Waals surface area contributed by atoms with Gasteiger partial charge < -0.3 is 53.6 Å². The molecule has 1 saturated heterocycles. The molecule has 5 atom stereocenters. The minimum atomic E-state index is -1.71. The van der Waals surface area contributed by atoms with Crippen molar-refractivity contribution < 1.29 is 72.8 Å². The highest BCUT2D eigenvalue weighted by atomic mass is 32.2. The second-order valence-corrected chi connectivity index (χ2v) is 14.5. The van der Waals surface area contributed by atoms with Crippen LogP contribution in [0.1, 0.15) is 45.7 Å². The molecule has 60 heavy (non-hydrogen) atoms. The van der Waals surface area contributed by atoms with Crippen molar-refractivity contribution in [1.29, 1.82) is 0 Å². The maximum Gasteiger partial charge on any atom is 0.338 e. The fourth-order valence-corrected chi connectivity index (χ4v) is 7.23. The van der Waals surface area contributed by atoms with Crippen molar-refractivity contribution in [3.8, 4) is 34.5 Å². The van der Waals surface area contributed by atoms with E-state index >= 15 is 0 Å². The van der Waals surface area contributed by atoms with E-state index in [-0.39, 0.29) is 35.8 Å². The van der Waals surface area contributed by atoms with Gasteiger partial charge in [0.05, 0.1) is 11.1 Å². The number of phenolic OH excluding ortho intramolecular Hbond substituents is 4. The predicted molar refractivity (Wildman–Crippen MR) is 213 cm³/mol. The summed E-state index contributed by atoms with van der Waals surface area (Å²) in [5, 5.41) is 43.3. The van der Waals surface area contributed by atoms with Gasteiger partial charge >= 0.3 is 23.9 Å². The molecule has 1 heterocycles. The summed E-state index contributed by atoms with van der Waals surface area (Å²) in [7, 11) is 0. The summed E-state index contributed by atoms with van der Waals surface area (Å²) in [6.07, 6.45) is -6.30. The highest BCUT2D eigenvalue weighted by molar-refractivity contribution is 7.99. The molecule has 1 aliphatic heterocycles. The van der Waals surface area contributed by atoms with Gasteiger partial charge in [0.15, 0.2) is 41.3 Å². The molecule has 15 nitrogen and oxygen atoms in total. The van der Waals surface area contributed by atoms with Crippen molar-refractivity contribution in [1.82, 2.24) is 0 Å². The summed E-state index contributed by atoms with van der Waals surface area (Å²) < 4.78 is 40.4. The van der Waals surface area contributed by atoms with Gasteiger partial charge in [0.25, 0.3) is 0 Å². The van der Waals surface area contributed by atoms with Gasteiger partial charge in [-0.05, 0) is 47.5 Å². The summed E-state index contributed by atoms with van der Waals surface area (Å²) >= 11 is 1.07. The number of esters is 4. The summed E-state index contributed by atoms with van der Waals surface area (Å²) in [6.45, 7) is 1.66. The third kappa shape index (κ3) is 11.0. The number of rotatable bonds is 15. The number of carbonyl (C=O) groups is 4. The number of carbonyl (C=O) groups excluding carboxylic acids is 4. The molecule has 0 spiro atoms. The van der Waals surface area contributed by atoms with Gasteiger partial charge in [-0.2, -0.15) is 0 Å². The number of phenols is 4. The lowest BCUT2D eigenvalue weighted by Crippen LogP contribution is -2.61. The van der Waals surface area contributed by atoms with Crippen molar-refractivity contribution in [3.63, 3.8) is 0 Å². The van der Waals surface area contributed by atoms with Crippen LogP contribution in [0.15, 0.2) is 120 Å². The van der Waals surface area contributed by atoms with Crippen LogP contribution in [0.3, 0.4) is 0 Å². The lowest BCUT2D eigenvalue weighted by molar-refractivity contribution is -0.221. The molecule has 312 valence electrons. The molecular formula is C44H40O15S. The van der Waals surface area contributed by atoms with E-state index in [0.717, 1.165) is 61.0 Å². The van der Waals surface area contributed by atoms with Crippen LogP contribution in [0, 0.1) is 0 Å². The smallest absolute Gasteiger partial charge is 0.338 e. The van der Waals surface area contributed by atoms with Crippen molar-refractivity contribution in [2.24, 2.45) is 0 Å². The van der Waals surface area contributed by atoms with Gasteiger partial charge in [0, 0.05) is 18.7 Å². The Bertz CT molecular complexity index is 2240. The van der Waals surface area contributed by atoms with Crippen LogP contribution in [0.2, 0.25) is 0 Å². The Morgan fingerprint density at radius 1 is 0.567 bits per heavy atom. The van der Waals surface area contributed by atoms with Crippen LogP contribution in [-0.4, -0.2) is 80.8 Å². The van der Waals surface area contributed by atoms with Gasteiger partial charge in [0.2, 0.25) is 11.5 Å². The van der Waals surface area contributed by atoms with E-state index < -0.39 is 83.3 Å². The number of thioether (sulfide) groups is 1. The summed E-state index contributed by atoms with van der Waals surface area (Å²) in [4.78, 5) is 53.2. The maximum absolute atomic E-state index is 14.0. The molecule has 0 aliphatic carbocycles. The molecule has 0 radical (unpaired) electrons. The van der Waals surface area contributed by atoms with E-state index in [1.807, 2.05) is 12.1 Å². The van der Waals surface area contributed by atoms with Gasteiger partial charge in [-0.25, -0.2) is 9.59 Å². The van der Waals surface area contributed by atoms with Crippen LogP contribution in [0.25, 0.3) is 0 Å². The Hall–Kier alpha value is -6.91. The molecule has 5 aromatic rings. The van der Waals surface area contributed by atoms with Gasteiger partial charge in [-0.3, -0.25) is 9.59 Å². The first-order chi connectivity index (χ1) is 28.9. The Morgan fingerprint density at radius 2 is 1.00 bits per heavy atom. The van der Waals surface area contributed by atoms with Crippen molar-refractivity contribution in [3.05, 3.63) is 138 Å². The standard InChI is InChI=1S/C44H40O15S/c1-25(45)53-24-36-39(58-42(51)29-18-32(47)37(33(48)19-29)54-22-27-12-6-3-7-13-27)40(41(56-26(2)46)44(57-36)60-31-16-10-5-11-17-31)59-43(52)30-20-34(49)38(35(50)21-30)55-23-28-14-8-4-9-15-28/h3-21,36,39-41,44,47-50H,22-24H2,1-2H3/t36-,39-,40+,41-,44+/m1/s1. The average Bonchev–Trinajstić information content (AvgIpc) is 3.22. The largest absolute Gasteiger partial charge is 0.504 e.